The highest BCUT2D eigenvalue weighted by Crippen LogP contribution is 2.13. The van der Waals surface area contributed by atoms with Gasteiger partial charge in [-0.05, 0) is 45.2 Å². The Morgan fingerprint density at radius 3 is 2.50 bits per heavy atom. The Morgan fingerprint density at radius 1 is 1.30 bits per heavy atom. The van der Waals surface area contributed by atoms with Gasteiger partial charge in [-0.1, -0.05) is 19.1 Å². The van der Waals surface area contributed by atoms with Gasteiger partial charge in [-0.15, -0.1) is 24.0 Å². The Hall–Kier alpha value is -0.300. The molecule has 0 aromatic heterocycles. The van der Waals surface area contributed by atoms with Crippen molar-refractivity contribution in [2.45, 2.75) is 51.1 Å². The fourth-order valence-corrected chi connectivity index (χ4v) is 2.98. The van der Waals surface area contributed by atoms with Crippen molar-refractivity contribution in [2.75, 3.05) is 26.7 Å². The Kier molecular flexibility index (Phi) is 8.52. The SMILES string of the molecule is CCC(CNC(=NC)NC1CC=CC1)N1CCCC1.I. The van der Waals surface area contributed by atoms with Crippen LogP contribution in [0.25, 0.3) is 0 Å². The van der Waals surface area contributed by atoms with Gasteiger partial charge in [0.05, 0.1) is 0 Å². The first-order valence-corrected chi connectivity index (χ1v) is 7.69. The van der Waals surface area contributed by atoms with Crippen LogP contribution < -0.4 is 10.6 Å². The number of hydrogen-bond donors (Lipinski definition) is 2. The van der Waals surface area contributed by atoms with Crippen LogP contribution in [0.1, 0.15) is 39.0 Å². The summed E-state index contributed by atoms with van der Waals surface area (Å²) in [5.41, 5.74) is 0. The van der Waals surface area contributed by atoms with E-state index in [9.17, 15) is 0 Å². The molecule has 0 spiro atoms. The standard InChI is InChI=1S/C15H28N4.HI/c1-3-14(19-10-6-7-11-19)12-17-15(16-2)18-13-8-4-5-9-13;/h4-5,13-14H,3,6-12H2,1-2H3,(H2,16,17,18);1H. The van der Waals surface area contributed by atoms with E-state index in [1.165, 1.54) is 32.4 Å². The minimum Gasteiger partial charge on any atom is -0.355 e. The lowest BCUT2D eigenvalue weighted by molar-refractivity contribution is 0.236. The van der Waals surface area contributed by atoms with Gasteiger partial charge in [0, 0.05) is 25.7 Å². The second-order valence-corrected chi connectivity index (χ2v) is 5.54. The highest BCUT2D eigenvalue weighted by atomic mass is 127. The summed E-state index contributed by atoms with van der Waals surface area (Å²) >= 11 is 0. The Bertz CT molecular complexity index is 316. The van der Waals surface area contributed by atoms with E-state index in [0.717, 1.165) is 25.3 Å². The average Bonchev–Trinajstić information content (AvgIpc) is 3.11. The first-order valence-electron chi connectivity index (χ1n) is 7.69. The maximum Gasteiger partial charge on any atom is 0.191 e. The van der Waals surface area contributed by atoms with Crippen molar-refractivity contribution < 1.29 is 0 Å². The first-order chi connectivity index (χ1) is 9.33. The molecule has 0 bridgehead atoms. The molecule has 0 amide bonds. The zero-order chi connectivity index (χ0) is 13.5. The molecule has 0 aromatic carbocycles. The van der Waals surface area contributed by atoms with Crippen molar-refractivity contribution in [1.82, 2.24) is 15.5 Å². The summed E-state index contributed by atoms with van der Waals surface area (Å²) in [4.78, 5) is 6.94. The van der Waals surface area contributed by atoms with Gasteiger partial charge in [0.15, 0.2) is 5.96 Å². The number of aliphatic imine (C=N–C) groups is 1. The van der Waals surface area contributed by atoms with Crippen LogP contribution in [0.5, 0.6) is 0 Å². The van der Waals surface area contributed by atoms with Gasteiger partial charge in [-0.3, -0.25) is 9.89 Å². The van der Waals surface area contributed by atoms with Gasteiger partial charge < -0.3 is 10.6 Å². The van der Waals surface area contributed by atoms with E-state index in [1.807, 2.05) is 7.05 Å². The highest BCUT2D eigenvalue weighted by molar-refractivity contribution is 14.0. The fourth-order valence-electron chi connectivity index (χ4n) is 2.98. The van der Waals surface area contributed by atoms with Gasteiger partial charge in [-0.25, -0.2) is 0 Å². The van der Waals surface area contributed by atoms with Crippen molar-refractivity contribution in [1.29, 1.82) is 0 Å². The summed E-state index contributed by atoms with van der Waals surface area (Å²) in [6.45, 7) is 5.80. The van der Waals surface area contributed by atoms with Crippen molar-refractivity contribution in [3.05, 3.63) is 12.2 Å². The lowest BCUT2D eigenvalue weighted by Gasteiger charge is -2.27. The molecule has 1 unspecified atom stereocenters. The van der Waals surface area contributed by atoms with E-state index in [1.54, 1.807) is 0 Å². The molecular weight excluding hydrogens is 363 g/mol. The molecule has 2 N–H and O–H groups in total. The number of likely N-dealkylation sites (tertiary alicyclic amines) is 1. The van der Waals surface area contributed by atoms with Crippen LogP contribution in [0, 0.1) is 0 Å². The quantitative estimate of drug-likeness (QED) is 0.327. The van der Waals surface area contributed by atoms with Gasteiger partial charge in [0.25, 0.3) is 0 Å². The first kappa shape index (κ1) is 17.8. The smallest absolute Gasteiger partial charge is 0.191 e. The predicted octanol–water partition coefficient (Wildman–Crippen LogP) is 2.36. The number of halogens is 1. The molecule has 5 heteroatoms. The molecule has 1 atom stereocenters. The van der Waals surface area contributed by atoms with Crippen LogP contribution in [0.4, 0.5) is 0 Å². The summed E-state index contributed by atoms with van der Waals surface area (Å²) in [5, 5.41) is 6.99. The average molecular weight is 392 g/mol. The van der Waals surface area contributed by atoms with Crippen molar-refractivity contribution in [2.24, 2.45) is 4.99 Å². The topological polar surface area (TPSA) is 39.7 Å². The second kappa shape index (κ2) is 9.60. The molecular formula is C15H29IN4. The number of guanidine groups is 1. The van der Waals surface area contributed by atoms with Crippen LogP contribution in [-0.4, -0.2) is 49.6 Å². The molecule has 1 saturated heterocycles. The molecule has 1 heterocycles. The van der Waals surface area contributed by atoms with Crippen LogP contribution in [0.3, 0.4) is 0 Å². The molecule has 116 valence electrons. The number of rotatable bonds is 5. The zero-order valence-electron chi connectivity index (χ0n) is 12.8. The summed E-state index contributed by atoms with van der Waals surface area (Å²) in [7, 11) is 1.86. The van der Waals surface area contributed by atoms with E-state index in [0.29, 0.717) is 12.1 Å². The third-order valence-electron chi connectivity index (χ3n) is 4.21. The molecule has 1 aliphatic carbocycles. The molecule has 0 radical (unpaired) electrons. The lowest BCUT2D eigenvalue weighted by atomic mass is 10.2. The number of nitrogens with zero attached hydrogens (tertiary/aromatic N) is 2. The van der Waals surface area contributed by atoms with Crippen molar-refractivity contribution >= 4 is 29.9 Å². The van der Waals surface area contributed by atoms with Crippen molar-refractivity contribution in [3.63, 3.8) is 0 Å². The summed E-state index contributed by atoms with van der Waals surface area (Å²) in [6, 6.07) is 1.17. The number of hydrogen-bond acceptors (Lipinski definition) is 2. The minimum absolute atomic E-state index is 0. The Morgan fingerprint density at radius 2 is 1.95 bits per heavy atom. The minimum atomic E-state index is 0. The van der Waals surface area contributed by atoms with Crippen LogP contribution >= 0.6 is 24.0 Å². The van der Waals surface area contributed by atoms with E-state index in [-0.39, 0.29) is 24.0 Å². The predicted molar refractivity (Wildman–Crippen MR) is 97.0 cm³/mol. The highest BCUT2D eigenvalue weighted by Gasteiger charge is 2.20. The largest absolute Gasteiger partial charge is 0.355 e. The third kappa shape index (κ3) is 5.24. The molecule has 20 heavy (non-hydrogen) atoms. The lowest BCUT2D eigenvalue weighted by Crippen LogP contribution is -2.48. The summed E-state index contributed by atoms with van der Waals surface area (Å²) < 4.78 is 0. The van der Waals surface area contributed by atoms with E-state index in [4.69, 9.17) is 0 Å². The molecule has 1 aliphatic heterocycles. The van der Waals surface area contributed by atoms with E-state index >= 15 is 0 Å². The molecule has 0 aromatic rings. The van der Waals surface area contributed by atoms with Crippen molar-refractivity contribution in [3.8, 4) is 0 Å². The molecule has 2 aliphatic rings. The normalized spacial score (nSPS) is 21.8. The summed E-state index contributed by atoms with van der Waals surface area (Å²) in [5.74, 6) is 0.950. The molecule has 4 nitrogen and oxygen atoms in total. The van der Waals surface area contributed by atoms with E-state index in [2.05, 4.69) is 39.6 Å². The summed E-state index contributed by atoms with van der Waals surface area (Å²) in [6.07, 6.45) is 10.6. The molecule has 2 rings (SSSR count). The zero-order valence-corrected chi connectivity index (χ0v) is 15.1. The van der Waals surface area contributed by atoms with Crippen LogP contribution in [0.15, 0.2) is 17.1 Å². The second-order valence-electron chi connectivity index (χ2n) is 5.54. The van der Waals surface area contributed by atoms with Gasteiger partial charge in [0.2, 0.25) is 0 Å². The van der Waals surface area contributed by atoms with Crippen LogP contribution in [0.2, 0.25) is 0 Å². The Balaban J connectivity index is 0.00000200. The maximum absolute atomic E-state index is 4.33. The Labute approximate surface area is 140 Å². The van der Waals surface area contributed by atoms with Crippen LogP contribution in [-0.2, 0) is 0 Å². The molecule has 0 saturated carbocycles. The van der Waals surface area contributed by atoms with Gasteiger partial charge >= 0.3 is 0 Å². The molecule has 1 fully saturated rings. The maximum atomic E-state index is 4.33. The van der Waals surface area contributed by atoms with Gasteiger partial charge in [0.1, 0.15) is 0 Å². The third-order valence-corrected chi connectivity index (χ3v) is 4.21. The van der Waals surface area contributed by atoms with E-state index < -0.39 is 0 Å². The van der Waals surface area contributed by atoms with Gasteiger partial charge in [-0.2, -0.15) is 0 Å². The monoisotopic (exact) mass is 392 g/mol. The number of nitrogens with one attached hydrogen (secondary N) is 2. The fraction of sp³-hybridized carbons (Fsp3) is 0.800.